The van der Waals surface area contributed by atoms with Crippen molar-refractivity contribution in [3.8, 4) is 5.75 Å². The summed E-state index contributed by atoms with van der Waals surface area (Å²) in [5.41, 5.74) is 1.39. The fourth-order valence-corrected chi connectivity index (χ4v) is 4.61. The van der Waals surface area contributed by atoms with E-state index < -0.39 is 0 Å². The highest BCUT2D eigenvalue weighted by molar-refractivity contribution is 5.50. The average Bonchev–Trinajstić information content (AvgIpc) is 2.69. The molecule has 1 aromatic rings. The molecule has 0 radical (unpaired) electrons. The summed E-state index contributed by atoms with van der Waals surface area (Å²) in [6.45, 7) is 6.76. The second kappa shape index (κ2) is 10.2. The van der Waals surface area contributed by atoms with Crippen molar-refractivity contribution >= 4 is 5.69 Å². The lowest BCUT2D eigenvalue weighted by molar-refractivity contribution is 0.209. The van der Waals surface area contributed by atoms with Gasteiger partial charge in [-0.3, -0.25) is 0 Å². The van der Waals surface area contributed by atoms with Crippen LogP contribution >= 0.6 is 0 Å². The highest BCUT2D eigenvalue weighted by atomic mass is 16.5. The molecule has 2 saturated carbocycles. The molecule has 0 atom stereocenters. The van der Waals surface area contributed by atoms with Crippen molar-refractivity contribution in [3.63, 3.8) is 0 Å². The molecular weight excluding hydrogens is 318 g/mol. The molecule has 0 heterocycles. The van der Waals surface area contributed by atoms with Crippen LogP contribution in [0.5, 0.6) is 5.75 Å². The molecule has 0 N–H and O–H groups in total. The monoisotopic (exact) mass is 357 g/mol. The van der Waals surface area contributed by atoms with Crippen LogP contribution in [0, 0.1) is 11.8 Å². The number of anilines is 1. The molecule has 0 bridgehead atoms. The van der Waals surface area contributed by atoms with E-state index in [1.165, 1.54) is 82.9 Å². The van der Waals surface area contributed by atoms with E-state index in [9.17, 15) is 0 Å². The first-order chi connectivity index (χ1) is 12.7. The van der Waals surface area contributed by atoms with Crippen LogP contribution in [0.25, 0.3) is 0 Å². The van der Waals surface area contributed by atoms with Gasteiger partial charge in [-0.15, -0.1) is 0 Å². The van der Waals surface area contributed by atoms with Crippen LogP contribution in [0.4, 0.5) is 5.69 Å². The Kier molecular flexibility index (Phi) is 7.70. The summed E-state index contributed by atoms with van der Waals surface area (Å²) < 4.78 is 6.11. The molecule has 26 heavy (non-hydrogen) atoms. The number of rotatable bonds is 8. The van der Waals surface area contributed by atoms with Gasteiger partial charge in [-0.2, -0.15) is 0 Å². The van der Waals surface area contributed by atoms with Crippen molar-refractivity contribution in [2.75, 3.05) is 18.1 Å². The third-order valence-electron chi connectivity index (χ3n) is 6.34. The number of ether oxygens (including phenoxy) is 1. The summed E-state index contributed by atoms with van der Waals surface area (Å²) in [5.74, 6) is 2.58. The van der Waals surface area contributed by atoms with Gasteiger partial charge in [-0.05, 0) is 68.2 Å². The lowest BCUT2D eigenvalue weighted by Gasteiger charge is -2.37. The second-order valence-electron chi connectivity index (χ2n) is 8.98. The van der Waals surface area contributed by atoms with E-state index in [-0.39, 0.29) is 0 Å². The maximum Gasteiger partial charge on any atom is 0.119 e. The summed E-state index contributed by atoms with van der Waals surface area (Å²) in [5, 5.41) is 0. The van der Waals surface area contributed by atoms with Gasteiger partial charge in [0.2, 0.25) is 0 Å². The van der Waals surface area contributed by atoms with Crippen molar-refractivity contribution in [1.29, 1.82) is 0 Å². The van der Waals surface area contributed by atoms with E-state index in [0.29, 0.717) is 0 Å². The molecule has 2 aliphatic rings. The van der Waals surface area contributed by atoms with Gasteiger partial charge < -0.3 is 9.64 Å². The van der Waals surface area contributed by atoms with Crippen LogP contribution in [0.2, 0.25) is 0 Å². The zero-order chi connectivity index (χ0) is 18.2. The summed E-state index contributed by atoms with van der Waals surface area (Å²) in [6, 6.07) is 9.72. The molecule has 2 heteroatoms. The van der Waals surface area contributed by atoms with Crippen molar-refractivity contribution < 1.29 is 4.74 Å². The van der Waals surface area contributed by atoms with Crippen LogP contribution in [-0.2, 0) is 0 Å². The summed E-state index contributed by atoms with van der Waals surface area (Å²) in [6.07, 6.45) is 15.1. The Balaban J connectivity index is 1.58. The molecule has 3 rings (SSSR count). The highest BCUT2D eigenvalue weighted by Crippen LogP contribution is 2.30. The summed E-state index contributed by atoms with van der Waals surface area (Å²) in [4.78, 5) is 2.68. The van der Waals surface area contributed by atoms with E-state index in [4.69, 9.17) is 4.74 Å². The quantitative estimate of drug-likeness (QED) is 0.505. The lowest BCUT2D eigenvalue weighted by atomic mass is 9.90. The van der Waals surface area contributed by atoms with Gasteiger partial charge in [0.15, 0.2) is 0 Å². The minimum absolute atomic E-state index is 0.733. The van der Waals surface area contributed by atoms with Crippen molar-refractivity contribution in [2.24, 2.45) is 11.8 Å². The van der Waals surface area contributed by atoms with Crippen LogP contribution in [-0.4, -0.2) is 19.2 Å². The van der Waals surface area contributed by atoms with E-state index in [0.717, 1.165) is 30.2 Å². The van der Waals surface area contributed by atoms with Gasteiger partial charge in [-0.1, -0.05) is 52.4 Å². The molecule has 2 aliphatic carbocycles. The lowest BCUT2D eigenvalue weighted by Crippen LogP contribution is -2.38. The van der Waals surface area contributed by atoms with Gasteiger partial charge in [0.05, 0.1) is 6.61 Å². The van der Waals surface area contributed by atoms with Crippen molar-refractivity contribution in [2.45, 2.75) is 90.5 Å². The van der Waals surface area contributed by atoms with E-state index in [1.54, 1.807) is 0 Å². The van der Waals surface area contributed by atoms with Gasteiger partial charge in [0, 0.05) is 18.3 Å². The number of nitrogens with zero attached hydrogens (tertiary/aromatic N) is 1. The summed E-state index contributed by atoms with van der Waals surface area (Å²) in [7, 11) is 0. The van der Waals surface area contributed by atoms with Crippen LogP contribution in [0.3, 0.4) is 0 Å². The first kappa shape index (κ1) is 19.6. The molecule has 0 aromatic heterocycles. The smallest absolute Gasteiger partial charge is 0.119 e. The van der Waals surface area contributed by atoms with Crippen LogP contribution < -0.4 is 9.64 Å². The average molecular weight is 358 g/mol. The fraction of sp³-hybridized carbons (Fsp3) is 0.750. The molecule has 0 spiro atoms. The van der Waals surface area contributed by atoms with Crippen molar-refractivity contribution in [3.05, 3.63) is 24.3 Å². The maximum atomic E-state index is 6.11. The van der Waals surface area contributed by atoms with E-state index in [1.807, 2.05) is 0 Å². The largest absolute Gasteiger partial charge is 0.493 e. The standard InChI is InChI=1S/C24H39NO/c1-20(2)17-18-25(22-11-7-4-8-12-22)23-13-15-24(16-14-23)26-19-21-9-5-3-6-10-21/h13-16,20-22H,3-12,17-19H2,1-2H3. The third-order valence-corrected chi connectivity index (χ3v) is 6.34. The Morgan fingerprint density at radius 1 is 0.885 bits per heavy atom. The van der Waals surface area contributed by atoms with Crippen LogP contribution in [0.1, 0.15) is 84.5 Å². The molecule has 0 saturated heterocycles. The molecular formula is C24H39NO. The molecule has 1 aromatic carbocycles. The predicted octanol–water partition coefficient (Wildman–Crippen LogP) is 6.83. The number of benzene rings is 1. The zero-order valence-electron chi connectivity index (χ0n) is 17.1. The van der Waals surface area contributed by atoms with Gasteiger partial charge in [0.1, 0.15) is 5.75 Å². The fourth-order valence-electron chi connectivity index (χ4n) is 4.61. The van der Waals surface area contributed by atoms with Gasteiger partial charge in [-0.25, -0.2) is 0 Å². The first-order valence-electron chi connectivity index (χ1n) is 11.2. The Morgan fingerprint density at radius 2 is 1.50 bits per heavy atom. The maximum absolute atomic E-state index is 6.11. The highest BCUT2D eigenvalue weighted by Gasteiger charge is 2.21. The van der Waals surface area contributed by atoms with E-state index >= 15 is 0 Å². The Morgan fingerprint density at radius 3 is 2.12 bits per heavy atom. The topological polar surface area (TPSA) is 12.5 Å². The van der Waals surface area contributed by atoms with Gasteiger partial charge in [0.25, 0.3) is 0 Å². The minimum atomic E-state index is 0.733. The SMILES string of the molecule is CC(C)CCN(c1ccc(OCC2CCCCC2)cc1)C1CCCCC1. The molecule has 0 unspecified atom stereocenters. The second-order valence-corrected chi connectivity index (χ2v) is 8.98. The Hall–Kier alpha value is -1.18. The molecule has 0 aliphatic heterocycles. The summed E-state index contributed by atoms with van der Waals surface area (Å²) >= 11 is 0. The predicted molar refractivity (Wildman–Crippen MR) is 112 cm³/mol. The van der Waals surface area contributed by atoms with E-state index in [2.05, 4.69) is 43.0 Å². The Bertz CT molecular complexity index is 497. The third kappa shape index (κ3) is 5.93. The Labute approximate surface area is 161 Å². The van der Waals surface area contributed by atoms with Crippen molar-refractivity contribution in [1.82, 2.24) is 0 Å². The molecule has 0 amide bonds. The molecule has 2 nitrogen and oxygen atoms in total. The first-order valence-corrected chi connectivity index (χ1v) is 11.2. The number of hydrogen-bond acceptors (Lipinski definition) is 2. The minimum Gasteiger partial charge on any atom is -0.493 e. The number of hydrogen-bond donors (Lipinski definition) is 0. The zero-order valence-corrected chi connectivity index (χ0v) is 17.1. The van der Waals surface area contributed by atoms with Crippen LogP contribution in [0.15, 0.2) is 24.3 Å². The molecule has 2 fully saturated rings. The van der Waals surface area contributed by atoms with Gasteiger partial charge >= 0.3 is 0 Å². The molecule has 146 valence electrons. The normalized spacial score (nSPS) is 19.7.